The molecule has 1 aliphatic heterocycles. The van der Waals surface area contributed by atoms with E-state index >= 15 is 0 Å². The zero-order chi connectivity index (χ0) is 9.97. The van der Waals surface area contributed by atoms with Gasteiger partial charge in [0.05, 0.1) is 13.2 Å². The second kappa shape index (κ2) is 3.98. The Balaban J connectivity index is 2.22. The van der Waals surface area contributed by atoms with E-state index < -0.39 is 0 Å². The van der Waals surface area contributed by atoms with E-state index in [2.05, 4.69) is 6.07 Å². The van der Waals surface area contributed by atoms with Gasteiger partial charge in [-0.3, -0.25) is 0 Å². The topological polar surface area (TPSA) is 55.5 Å². The van der Waals surface area contributed by atoms with Crippen LogP contribution >= 0.6 is 0 Å². The molecule has 0 amide bonds. The third-order valence-corrected chi connectivity index (χ3v) is 2.51. The summed E-state index contributed by atoms with van der Waals surface area (Å²) >= 11 is 0. The Labute approximate surface area is 83.5 Å². The normalized spacial score (nSPS) is 16.1. The Kier molecular flexibility index (Phi) is 2.70. The first kappa shape index (κ1) is 9.49. The van der Waals surface area contributed by atoms with Crippen molar-refractivity contribution in [3.8, 4) is 5.75 Å². The van der Waals surface area contributed by atoms with Crippen LogP contribution in [-0.2, 0) is 12.8 Å². The molecule has 1 heterocycles. The monoisotopic (exact) mass is 193 g/mol. The van der Waals surface area contributed by atoms with E-state index in [0.717, 1.165) is 24.3 Å². The van der Waals surface area contributed by atoms with E-state index in [0.29, 0.717) is 6.42 Å². The van der Waals surface area contributed by atoms with E-state index in [1.54, 1.807) is 0 Å². The number of benzene rings is 1. The highest BCUT2D eigenvalue weighted by molar-refractivity contribution is 5.44. The van der Waals surface area contributed by atoms with Gasteiger partial charge in [-0.1, -0.05) is 18.2 Å². The Morgan fingerprint density at radius 3 is 3.14 bits per heavy atom. The summed E-state index contributed by atoms with van der Waals surface area (Å²) < 4.78 is 5.54. The Morgan fingerprint density at radius 2 is 2.36 bits per heavy atom. The van der Waals surface area contributed by atoms with Crippen LogP contribution in [0.4, 0.5) is 0 Å². The quantitative estimate of drug-likeness (QED) is 0.734. The summed E-state index contributed by atoms with van der Waals surface area (Å²) in [5.74, 6) is 0.983. The van der Waals surface area contributed by atoms with Gasteiger partial charge in [-0.2, -0.15) is 0 Å². The first-order valence-corrected chi connectivity index (χ1v) is 4.91. The first-order valence-electron chi connectivity index (χ1n) is 4.91. The molecule has 3 heteroatoms. The molecule has 0 saturated heterocycles. The zero-order valence-electron chi connectivity index (χ0n) is 8.07. The molecular weight excluding hydrogens is 178 g/mol. The standard InChI is InChI=1S/C11H15NO2/c12-10(7-13)6-9-3-1-2-8-4-5-14-11(8)9/h1-3,10,13H,4-7,12H2. The van der Waals surface area contributed by atoms with Crippen LogP contribution in [0.25, 0.3) is 0 Å². The highest BCUT2D eigenvalue weighted by Gasteiger charge is 2.16. The minimum absolute atomic E-state index is 0.0175. The summed E-state index contributed by atoms with van der Waals surface area (Å²) in [6.07, 6.45) is 1.66. The summed E-state index contributed by atoms with van der Waals surface area (Å²) in [5, 5.41) is 8.88. The summed E-state index contributed by atoms with van der Waals surface area (Å²) in [4.78, 5) is 0. The van der Waals surface area contributed by atoms with Crippen molar-refractivity contribution in [2.45, 2.75) is 18.9 Å². The maximum Gasteiger partial charge on any atom is 0.125 e. The van der Waals surface area contributed by atoms with Gasteiger partial charge in [0.1, 0.15) is 5.75 Å². The molecule has 0 radical (unpaired) electrons. The van der Waals surface area contributed by atoms with Gasteiger partial charge in [-0.15, -0.1) is 0 Å². The van der Waals surface area contributed by atoms with Crippen LogP contribution in [0.1, 0.15) is 11.1 Å². The molecule has 3 nitrogen and oxygen atoms in total. The summed E-state index contributed by atoms with van der Waals surface area (Å²) in [6, 6.07) is 5.92. The van der Waals surface area contributed by atoms with E-state index in [1.165, 1.54) is 5.56 Å². The molecule has 0 bridgehead atoms. The molecular formula is C11H15NO2. The predicted molar refractivity (Wildman–Crippen MR) is 54.4 cm³/mol. The lowest BCUT2D eigenvalue weighted by molar-refractivity contribution is 0.264. The van der Waals surface area contributed by atoms with Crippen molar-refractivity contribution in [1.29, 1.82) is 0 Å². The second-order valence-corrected chi connectivity index (χ2v) is 3.65. The minimum Gasteiger partial charge on any atom is -0.493 e. The summed E-state index contributed by atoms with van der Waals surface area (Å²) in [7, 11) is 0. The molecule has 1 aromatic carbocycles. The molecule has 1 atom stereocenters. The molecule has 2 rings (SSSR count). The molecule has 1 aromatic rings. The maximum absolute atomic E-state index is 8.88. The fourth-order valence-corrected chi connectivity index (χ4v) is 1.79. The van der Waals surface area contributed by atoms with Gasteiger partial charge in [-0.05, 0) is 17.5 Å². The zero-order valence-corrected chi connectivity index (χ0v) is 8.07. The van der Waals surface area contributed by atoms with Crippen LogP contribution < -0.4 is 10.5 Å². The van der Waals surface area contributed by atoms with Crippen molar-refractivity contribution >= 4 is 0 Å². The largest absolute Gasteiger partial charge is 0.493 e. The van der Waals surface area contributed by atoms with E-state index in [1.807, 2.05) is 12.1 Å². The minimum atomic E-state index is -0.189. The van der Waals surface area contributed by atoms with Gasteiger partial charge in [0, 0.05) is 12.5 Å². The number of hydrogen-bond acceptors (Lipinski definition) is 3. The number of aliphatic hydroxyl groups excluding tert-OH is 1. The second-order valence-electron chi connectivity index (χ2n) is 3.65. The van der Waals surface area contributed by atoms with E-state index in [-0.39, 0.29) is 12.6 Å². The molecule has 0 aromatic heterocycles. The highest BCUT2D eigenvalue weighted by atomic mass is 16.5. The third kappa shape index (κ3) is 1.74. The summed E-state index contributed by atoms with van der Waals surface area (Å²) in [5.41, 5.74) is 8.06. The fraction of sp³-hybridized carbons (Fsp3) is 0.455. The number of para-hydroxylation sites is 1. The van der Waals surface area contributed by atoms with Gasteiger partial charge >= 0.3 is 0 Å². The molecule has 14 heavy (non-hydrogen) atoms. The van der Waals surface area contributed by atoms with Crippen molar-refractivity contribution in [2.24, 2.45) is 5.73 Å². The lowest BCUT2D eigenvalue weighted by atomic mass is 10.0. The lowest BCUT2D eigenvalue weighted by Crippen LogP contribution is -2.26. The molecule has 0 fully saturated rings. The molecule has 1 unspecified atom stereocenters. The van der Waals surface area contributed by atoms with Gasteiger partial charge in [0.2, 0.25) is 0 Å². The Morgan fingerprint density at radius 1 is 1.50 bits per heavy atom. The van der Waals surface area contributed by atoms with Crippen molar-refractivity contribution < 1.29 is 9.84 Å². The molecule has 76 valence electrons. The maximum atomic E-state index is 8.88. The van der Waals surface area contributed by atoms with Crippen molar-refractivity contribution in [3.63, 3.8) is 0 Å². The number of aliphatic hydroxyl groups is 1. The summed E-state index contributed by atoms with van der Waals surface area (Å²) in [6.45, 7) is 0.782. The van der Waals surface area contributed by atoms with Crippen LogP contribution in [0.3, 0.4) is 0 Å². The van der Waals surface area contributed by atoms with Crippen LogP contribution in [-0.4, -0.2) is 24.4 Å². The SMILES string of the molecule is NC(CO)Cc1cccc2c1OCC2. The number of nitrogens with two attached hydrogens (primary N) is 1. The van der Waals surface area contributed by atoms with Crippen molar-refractivity contribution in [2.75, 3.05) is 13.2 Å². The highest BCUT2D eigenvalue weighted by Crippen LogP contribution is 2.29. The van der Waals surface area contributed by atoms with Crippen LogP contribution in [0.5, 0.6) is 5.75 Å². The average Bonchev–Trinajstić information content (AvgIpc) is 2.66. The molecule has 1 aliphatic rings. The lowest BCUT2D eigenvalue weighted by Gasteiger charge is -2.11. The Bertz CT molecular complexity index is 325. The number of ether oxygens (including phenoxy) is 1. The average molecular weight is 193 g/mol. The van der Waals surface area contributed by atoms with Gasteiger partial charge < -0.3 is 15.6 Å². The molecule has 0 spiro atoms. The molecule has 0 aliphatic carbocycles. The van der Waals surface area contributed by atoms with Gasteiger partial charge in [0.25, 0.3) is 0 Å². The van der Waals surface area contributed by atoms with Gasteiger partial charge in [0.15, 0.2) is 0 Å². The van der Waals surface area contributed by atoms with Crippen LogP contribution in [0, 0.1) is 0 Å². The smallest absolute Gasteiger partial charge is 0.125 e. The van der Waals surface area contributed by atoms with E-state index in [9.17, 15) is 0 Å². The first-order chi connectivity index (χ1) is 6.81. The fourth-order valence-electron chi connectivity index (χ4n) is 1.79. The van der Waals surface area contributed by atoms with Crippen molar-refractivity contribution in [3.05, 3.63) is 29.3 Å². The predicted octanol–water partition coefficient (Wildman–Crippen LogP) is 0.484. The third-order valence-electron chi connectivity index (χ3n) is 2.51. The van der Waals surface area contributed by atoms with Crippen molar-refractivity contribution in [1.82, 2.24) is 0 Å². The van der Waals surface area contributed by atoms with E-state index in [4.69, 9.17) is 15.6 Å². The number of rotatable bonds is 3. The molecule has 0 saturated carbocycles. The van der Waals surface area contributed by atoms with Gasteiger partial charge in [-0.25, -0.2) is 0 Å². The Hall–Kier alpha value is -1.06. The molecule has 3 N–H and O–H groups in total. The van der Waals surface area contributed by atoms with Crippen LogP contribution in [0.15, 0.2) is 18.2 Å². The number of fused-ring (bicyclic) bond motifs is 1. The van der Waals surface area contributed by atoms with Crippen LogP contribution in [0.2, 0.25) is 0 Å². The number of hydrogen-bond donors (Lipinski definition) is 2.